The smallest absolute Gasteiger partial charge is 0.363 e. The van der Waals surface area contributed by atoms with Crippen LogP contribution < -0.4 is 28.9 Å². The van der Waals surface area contributed by atoms with Crippen molar-refractivity contribution in [2.45, 2.75) is 71.0 Å². The molecule has 0 saturated heterocycles. The number of hydrogen-bond donors (Lipinski definition) is 2. The van der Waals surface area contributed by atoms with E-state index in [0.29, 0.717) is 29.1 Å². The second kappa shape index (κ2) is 9.46. The minimum Gasteiger partial charge on any atom is -1.00 e. The Balaban J connectivity index is 0.00000353. The minimum atomic E-state index is -2.21. The third kappa shape index (κ3) is 4.08. The summed E-state index contributed by atoms with van der Waals surface area (Å²) in [6.45, 7) is 13.0. The van der Waals surface area contributed by atoms with E-state index in [0.717, 1.165) is 21.7 Å². The van der Waals surface area contributed by atoms with Gasteiger partial charge in [0.2, 0.25) is 5.60 Å². The highest BCUT2D eigenvalue weighted by molar-refractivity contribution is 6.94. The number of pyridine rings is 2. The summed E-state index contributed by atoms with van der Waals surface area (Å²) in [4.78, 5) is 44.3. The van der Waals surface area contributed by atoms with Gasteiger partial charge in [0.1, 0.15) is 12.4 Å². The normalized spacial score (nSPS) is 18.1. The number of fused-ring (bicyclic) bond motifs is 5. The molecule has 2 aliphatic rings. The number of phenolic OH excluding ortho intramolecular Hbond substituents is 1. The van der Waals surface area contributed by atoms with Crippen LogP contribution in [0.25, 0.3) is 22.3 Å². The molecule has 0 saturated carbocycles. The Hall–Kier alpha value is -3.21. The Morgan fingerprint density at radius 2 is 1.92 bits per heavy atom. The van der Waals surface area contributed by atoms with Gasteiger partial charge in [0, 0.05) is 10.9 Å². The quantitative estimate of drug-likeness (QED) is 0.244. The molecule has 0 fully saturated rings. The fourth-order valence-corrected chi connectivity index (χ4v) is 8.13. The number of rotatable bonds is 4. The van der Waals surface area contributed by atoms with Gasteiger partial charge in [0.25, 0.3) is 5.56 Å². The highest BCUT2D eigenvalue weighted by Crippen LogP contribution is 2.43. The number of aromatic nitrogens is 2. The zero-order chi connectivity index (χ0) is 27.8. The van der Waals surface area contributed by atoms with Gasteiger partial charge in [-0.15, -0.1) is 0 Å². The number of ether oxygens (including phenoxy) is 2. The fourth-order valence-electron chi connectivity index (χ4n) is 5.56. The molecule has 5 rings (SSSR count). The summed E-state index contributed by atoms with van der Waals surface area (Å²) in [6, 6.07) is 6.95. The summed E-state index contributed by atoms with van der Waals surface area (Å²) in [7, 11) is -2.21. The number of cyclic esters (lactones) is 1. The topological polar surface area (TPSA) is 135 Å². The average molecular weight is 572 g/mol. The van der Waals surface area contributed by atoms with Crippen LogP contribution in [0.1, 0.15) is 50.8 Å². The van der Waals surface area contributed by atoms with E-state index in [2.05, 4.69) is 39.6 Å². The molecule has 0 amide bonds. The van der Waals surface area contributed by atoms with E-state index in [9.17, 15) is 19.5 Å². The van der Waals surface area contributed by atoms with Crippen LogP contribution in [-0.2, 0) is 37.8 Å². The highest BCUT2D eigenvalue weighted by atomic mass is 35.5. The number of phenols is 1. The SMILES string of the molecule is CC[C@@]1(OC(=O)C[NH3+])C(=O)OCc2c1cc1n(c2=O)Cc2c-1nc1ccc(O)cc1c2[Si](C)(C)C(C)(C)C.[Cl-]. The first-order valence-corrected chi connectivity index (χ1v) is 15.9. The predicted molar refractivity (Wildman–Crippen MR) is 145 cm³/mol. The zero-order valence-electron chi connectivity index (χ0n) is 23.1. The number of benzene rings is 1. The molecule has 1 aromatic carbocycles. The van der Waals surface area contributed by atoms with Gasteiger partial charge < -0.3 is 37.3 Å². The standard InChI is InChI=1S/C28H33N3O6Si.ClH/c1-7-28(37-22(33)12-29)19-11-21-23-17(13-31(21)25(34)18(19)14-36-26(28)35)24(38(5,6)27(2,3)4)16-10-15(32)8-9-20(16)30-23;/h8-11,32H,7,12-14,29H2,1-6H3;1H/t28-;/m0./s1. The van der Waals surface area contributed by atoms with E-state index >= 15 is 0 Å². The fraction of sp³-hybridized carbons (Fsp3) is 0.429. The first-order valence-electron chi connectivity index (χ1n) is 12.9. The first kappa shape index (κ1) is 28.8. The lowest BCUT2D eigenvalue weighted by atomic mass is 9.85. The van der Waals surface area contributed by atoms with Crippen LogP contribution in [0.4, 0.5) is 0 Å². The molecule has 1 atom stereocenters. The number of carbonyl (C=O) groups is 2. The lowest BCUT2D eigenvalue weighted by Crippen LogP contribution is -3.00. The maximum atomic E-state index is 13.9. The molecule has 0 spiro atoms. The monoisotopic (exact) mass is 571 g/mol. The molecule has 9 nitrogen and oxygen atoms in total. The van der Waals surface area contributed by atoms with Crippen molar-refractivity contribution >= 4 is 36.1 Å². The molecule has 0 unspecified atom stereocenters. The van der Waals surface area contributed by atoms with E-state index in [1.165, 1.54) is 0 Å². The molecule has 0 radical (unpaired) electrons. The molecule has 2 aromatic heterocycles. The third-order valence-electron chi connectivity index (χ3n) is 8.63. The molecule has 208 valence electrons. The van der Waals surface area contributed by atoms with Crippen molar-refractivity contribution in [3.05, 3.63) is 51.3 Å². The van der Waals surface area contributed by atoms with Crippen molar-refractivity contribution < 1.29 is 42.3 Å². The summed E-state index contributed by atoms with van der Waals surface area (Å²) >= 11 is 0. The van der Waals surface area contributed by atoms with Crippen LogP contribution in [0.15, 0.2) is 29.1 Å². The number of esters is 2. The number of carbonyl (C=O) groups excluding carboxylic acids is 2. The second-order valence-electron chi connectivity index (χ2n) is 11.7. The van der Waals surface area contributed by atoms with Gasteiger partial charge in [-0.3, -0.25) is 4.79 Å². The van der Waals surface area contributed by atoms with Gasteiger partial charge in [-0.25, -0.2) is 14.6 Å². The maximum Gasteiger partial charge on any atom is 0.363 e. The molecule has 0 aliphatic carbocycles. The maximum absolute atomic E-state index is 13.9. The number of aromatic hydroxyl groups is 1. The Labute approximate surface area is 233 Å². The highest BCUT2D eigenvalue weighted by Gasteiger charge is 2.51. The first-order chi connectivity index (χ1) is 17.8. The van der Waals surface area contributed by atoms with Crippen molar-refractivity contribution in [2.24, 2.45) is 0 Å². The molecular weight excluding hydrogens is 538 g/mol. The molecule has 3 aromatic rings. The lowest BCUT2D eigenvalue weighted by molar-refractivity contribution is -0.361. The number of nitrogens with zero attached hydrogens (tertiary/aromatic N) is 2. The van der Waals surface area contributed by atoms with Gasteiger partial charge in [0.05, 0.1) is 37.1 Å². The molecule has 2 aliphatic heterocycles. The molecule has 11 heteroatoms. The van der Waals surface area contributed by atoms with Gasteiger partial charge in [0.15, 0.2) is 6.54 Å². The molecular formula is C28H34ClN3O6Si. The summed E-state index contributed by atoms with van der Waals surface area (Å²) < 4.78 is 12.7. The Kier molecular flexibility index (Phi) is 6.98. The second-order valence-corrected chi connectivity index (χ2v) is 16.9. The van der Waals surface area contributed by atoms with Crippen molar-refractivity contribution in [3.63, 3.8) is 0 Å². The number of halogens is 1. The van der Waals surface area contributed by atoms with Crippen LogP contribution >= 0.6 is 0 Å². The number of quaternary nitrogens is 1. The van der Waals surface area contributed by atoms with Crippen molar-refractivity contribution in [1.29, 1.82) is 0 Å². The minimum absolute atomic E-state index is 0. The van der Waals surface area contributed by atoms with Gasteiger partial charge >= 0.3 is 11.9 Å². The summed E-state index contributed by atoms with van der Waals surface area (Å²) in [5.41, 5.74) is 5.16. The largest absolute Gasteiger partial charge is 1.00 e. The van der Waals surface area contributed by atoms with Crippen LogP contribution in [0.3, 0.4) is 0 Å². The Bertz CT molecular complexity index is 1590. The molecule has 4 N–H and O–H groups in total. The summed E-state index contributed by atoms with van der Waals surface area (Å²) in [5.74, 6) is -1.18. The summed E-state index contributed by atoms with van der Waals surface area (Å²) in [6.07, 6.45) is 0.111. The van der Waals surface area contributed by atoms with Crippen LogP contribution in [0, 0.1) is 0 Å². The number of hydrogen-bond acceptors (Lipinski definition) is 7. The van der Waals surface area contributed by atoms with E-state index in [1.54, 1.807) is 35.8 Å². The Morgan fingerprint density at radius 3 is 2.54 bits per heavy atom. The zero-order valence-corrected chi connectivity index (χ0v) is 24.9. The Morgan fingerprint density at radius 1 is 1.23 bits per heavy atom. The van der Waals surface area contributed by atoms with Crippen LogP contribution in [0.5, 0.6) is 5.75 Å². The van der Waals surface area contributed by atoms with Crippen LogP contribution in [0.2, 0.25) is 18.1 Å². The van der Waals surface area contributed by atoms with E-state index in [1.807, 2.05) is 0 Å². The van der Waals surface area contributed by atoms with E-state index in [-0.39, 0.29) is 48.3 Å². The lowest BCUT2D eigenvalue weighted by Gasteiger charge is -2.39. The van der Waals surface area contributed by atoms with Gasteiger partial charge in [-0.1, -0.05) is 40.8 Å². The third-order valence-corrected chi connectivity index (χ3v) is 14.2. The van der Waals surface area contributed by atoms with E-state index in [4.69, 9.17) is 14.5 Å². The molecule has 4 heterocycles. The van der Waals surface area contributed by atoms with Gasteiger partial charge in [-0.2, -0.15) is 0 Å². The van der Waals surface area contributed by atoms with Crippen molar-refractivity contribution in [3.8, 4) is 17.1 Å². The summed E-state index contributed by atoms with van der Waals surface area (Å²) in [5, 5.41) is 12.4. The predicted octanol–water partition coefficient (Wildman–Crippen LogP) is -0.702. The average Bonchev–Trinajstić information content (AvgIpc) is 3.21. The molecule has 0 bridgehead atoms. The molecule has 39 heavy (non-hydrogen) atoms. The van der Waals surface area contributed by atoms with Crippen molar-refractivity contribution in [2.75, 3.05) is 6.54 Å². The van der Waals surface area contributed by atoms with Crippen molar-refractivity contribution in [1.82, 2.24) is 9.55 Å². The van der Waals surface area contributed by atoms with Gasteiger partial charge in [-0.05, 0) is 46.5 Å². The van der Waals surface area contributed by atoms with Crippen LogP contribution in [-0.4, -0.2) is 41.2 Å². The van der Waals surface area contributed by atoms with E-state index < -0.39 is 25.6 Å².